The molecule has 3 heteroatoms. The zero-order valence-electron chi connectivity index (χ0n) is 11.2. The highest BCUT2D eigenvalue weighted by Gasteiger charge is 1.99. The minimum atomic E-state index is 0.775. The number of rotatable bonds is 3. The first-order chi connectivity index (χ1) is 9.86. The molecule has 0 saturated heterocycles. The van der Waals surface area contributed by atoms with Gasteiger partial charge in [0.25, 0.3) is 0 Å². The number of hydrogen-bond acceptors (Lipinski definition) is 3. The van der Waals surface area contributed by atoms with Gasteiger partial charge in [0.2, 0.25) is 0 Å². The molecule has 98 valence electrons. The summed E-state index contributed by atoms with van der Waals surface area (Å²) in [7, 11) is 1.64. The lowest BCUT2D eigenvalue weighted by molar-refractivity contribution is 0.415. The highest BCUT2D eigenvalue weighted by molar-refractivity contribution is 5.92. The van der Waals surface area contributed by atoms with E-state index in [0.29, 0.717) is 0 Å². The van der Waals surface area contributed by atoms with Crippen LogP contribution in [0.2, 0.25) is 0 Å². The summed E-state index contributed by atoms with van der Waals surface area (Å²) in [4.78, 5) is 0. The zero-order chi connectivity index (χ0) is 13.8. The Morgan fingerprint density at radius 2 is 1.60 bits per heavy atom. The van der Waals surface area contributed by atoms with E-state index in [1.165, 1.54) is 0 Å². The highest BCUT2D eigenvalue weighted by Crippen LogP contribution is 2.28. The van der Waals surface area contributed by atoms with Crippen LogP contribution in [0, 0.1) is 0 Å². The molecule has 0 saturated carbocycles. The van der Waals surface area contributed by atoms with Gasteiger partial charge >= 0.3 is 0 Å². The van der Waals surface area contributed by atoms with Crippen LogP contribution < -0.4 is 4.74 Å². The summed E-state index contributed by atoms with van der Waals surface area (Å²) in [6.45, 7) is 0. The molecule has 0 N–H and O–H groups in total. The Morgan fingerprint density at radius 3 is 2.50 bits per heavy atom. The molecule has 0 spiro atoms. The van der Waals surface area contributed by atoms with E-state index in [1.807, 2.05) is 48.5 Å². The van der Waals surface area contributed by atoms with Crippen molar-refractivity contribution >= 4 is 22.1 Å². The van der Waals surface area contributed by atoms with Gasteiger partial charge in [0.15, 0.2) is 0 Å². The smallest absolute Gasteiger partial charge is 0.121 e. The van der Waals surface area contributed by atoms with Gasteiger partial charge in [-0.05, 0) is 23.6 Å². The Bertz CT molecular complexity index is 760. The third-order valence-electron chi connectivity index (χ3n) is 3.09. The Kier molecular flexibility index (Phi) is 3.42. The van der Waals surface area contributed by atoms with E-state index in [9.17, 15) is 0 Å². The van der Waals surface area contributed by atoms with E-state index in [1.54, 1.807) is 7.11 Å². The van der Waals surface area contributed by atoms with Crippen LogP contribution in [0.1, 0.15) is 0 Å². The molecule has 0 fully saturated rings. The van der Waals surface area contributed by atoms with Crippen LogP contribution in [0.3, 0.4) is 0 Å². The Morgan fingerprint density at radius 1 is 0.800 bits per heavy atom. The molecule has 0 aliphatic rings. The number of azo groups is 1. The molecule has 0 bridgehead atoms. The molecule has 3 aromatic rings. The summed E-state index contributed by atoms with van der Waals surface area (Å²) in [6.07, 6.45) is 0. The molecule has 3 aromatic carbocycles. The van der Waals surface area contributed by atoms with Crippen molar-refractivity contribution < 1.29 is 4.74 Å². The van der Waals surface area contributed by atoms with Gasteiger partial charge in [-0.15, -0.1) is 5.11 Å². The molecule has 0 aliphatic heterocycles. The Balaban J connectivity index is 1.98. The van der Waals surface area contributed by atoms with Crippen LogP contribution in [0.25, 0.3) is 10.8 Å². The van der Waals surface area contributed by atoms with Gasteiger partial charge in [-0.2, -0.15) is 5.11 Å². The molecule has 3 nitrogen and oxygen atoms in total. The lowest BCUT2D eigenvalue weighted by Gasteiger charge is -2.01. The first-order valence-electron chi connectivity index (χ1n) is 6.40. The van der Waals surface area contributed by atoms with Crippen molar-refractivity contribution in [3.05, 3.63) is 66.7 Å². The van der Waals surface area contributed by atoms with Crippen molar-refractivity contribution in [2.45, 2.75) is 0 Å². The summed E-state index contributed by atoms with van der Waals surface area (Å²) < 4.78 is 5.18. The van der Waals surface area contributed by atoms with E-state index in [0.717, 1.165) is 27.9 Å². The summed E-state index contributed by atoms with van der Waals surface area (Å²) in [6, 6.07) is 21.7. The quantitative estimate of drug-likeness (QED) is 0.592. The maximum absolute atomic E-state index is 5.18. The van der Waals surface area contributed by atoms with Crippen LogP contribution >= 0.6 is 0 Å². The summed E-state index contributed by atoms with van der Waals surface area (Å²) in [5, 5.41) is 10.9. The Hall–Kier alpha value is -2.68. The van der Waals surface area contributed by atoms with Crippen molar-refractivity contribution in [1.82, 2.24) is 0 Å². The van der Waals surface area contributed by atoms with Crippen molar-refractivity contribution in [3.8, 4) is 5.75 Å². The lowest BCUT2D eigenvalue weighted by Crippen LogP contribution is -1.79. The van der Waals surface area contributed by atoms with Crippen molar-refractivity contribution in [3.63, 3.8) is 0 Å². The van der Waals surface area contributed by atoms with Gasteiger partial charge in [0.05, 0.1) is 18.5 Å². The van der Waals surface area contributed by atoms with Crippen LogP contribution in [-0.4, -0.2) is 7.11 Å². The number of ether oxygens (including phenoxy) is 1. The fourth-order valence-corrected chi connectivity index (χ4v) is 2.08. The zero-order valence-corrected chi connectivity index (χ0v) is 11.2. The summed E-state index contributed by atoms with van der Waals surface area (Å²) in [5.41, 5.74) is 1.64. The molecular formula is C17H14N2O. The minimum absolute atomic E-state index is 0.775. The normalized spacial score (nSPS) is 11.1. The number of benzene rings is 3. The van der Waals surface area contributed by atoms with Crippen molar-refractivity contribution in [2.24, 2.45) is 10.2 Å². The first-order valence-corrected chi connectivity index (χ1v) is 6.40. The second kappa shape index (κ2) is 5.53. The maximum Gasteiger partial charge on any atom is 0.121 e. The molecular weight excluding hydrogens is 248 g/mol. The lowest BCUT2D eigenvalue weighted by atomic mass is 10.1. The molecule has 0 aliphatic carbocycles. The van der Waals surface area contributed by atoms with Gasteiger partial charge in [-0.25, -0.2) is 0 Å². The topological polar surface area (TPSA) is 34.0 Å². The second-order valence-electron chi connectivity index (χ2n) is 4.40. The van der Waals surface area contributed by atoms with Crippen molar-refractivity contribution in [1.29, 1.82) is 0 Å². The van der Waals surface area contributed by atoms with Gasteiger partial charge < -0.3 is 4.74 Å². The summed E-state index contributed by atoms with van der Waals surface area (Å²) >= 11 is 0. The van der Waals surface area contributed by atoms with E-state index in [4.69, 9.17) is 4.74 Å². The minimum Gasteiger partial charge on any atom is -0.497 e. The van der Waals surface area contributed by atoms with E-state index in [-0.39, 0.29) is 0 Å². The predicted molar refractivity (Wildman–Crippen MR) is 81.1 cm³/mol. The molecule has 0 heterocycles. The van der Waals surface area contributed by atoms with Gasteiger partial charge in [-0.1, -0.05) is 42.5 Å². The largest absolute Gasteiger partial charge is 0.497 e. The van der Waals surface area contributed by atoms with E-state index >= 15 is 0 Å². The van der Waals surface area contributed by atoms with Crippen LogP contribution in [-0.2, 0) is 0 Å². The molecule has 0 radical (unpaired) electrons. The van der Waals surface area contributed by atoms with Gasteiger partial charge in [-0.3, -0.25) is 0 Å². The molecule has 0 amide bonds. The fraction of sp³-hybridized carbons (Fsp3) is 0.0588. The third kappa shape index (κ3) is 2.52. The molecule has 20 heavy (non-hydrogen) atoms. The number of nitrogens with zero attached hydrogens (tertiary/aromatic N) is 2. The highest BCUT2D eigenvalue weighted by atomic mass is 16.5. The Labute approximate surface area is 117 Å². The third-order valence-corrected chi connectivity index (χ3v) is 3.09. The molecule has 0 unspecified atom stereocenters. The average molecular weight is 262 g/mol. The van der Waals surface area contributed by atoms with Crippen LogP contribution in [0.15, 0.2) is 77.0 Å². The standard InChI is InChI=1S/C17H14N2O/c1-20-15-9-5-8-14(12-15)18-19-17-11-4-7-13-6-2-3-10-16(13)17/h2-12H,1H3. The molecule has 3 rings (SSSR count). The van der Waals surface area contributed by atoms with E-state index < -0.39 is 0 Å². The first kappa shape index (κ1) is 12.4. The average Bonchev–Trinajstić information content (AvgIpc) is 2.53. The molecule has 0 atom stereocenters. The van der Waals surface area contributed by atoms with E-state index in [2.05, 4.69) is 28.4 Å². The monoisotopic (exact) mass is 262 g/mol. The second-order valence-corrected chi connectivity index (χ2v) is 4.40. The van der Waals surface area contributed by atoms with Gasteiger partial charge in [0.1, 0.15) is 5.75 Å². The van der Waals surface area contributed by atoms with Crippen molar-refractivity contribution in [2.75, 3.05) is 7.11 Å². The number of methoxy groups -OCH3 is 1. The molecule has 0 aromatic heterocycles. The number of fused-ring (bicyclic) bond motifs is 1. The van der Waals surface area contributed by atoms with Crippen LogP contribution in [0.5, 0.6) is 5.75 Å². The summed E-state index contributed by atoms with van der Waals surface area (Å²) in [5.74, 6) is 0.777. The van der Waals surface area contributed by atoms with Crippen LogP contribution in [0.4, 0.5) is 11.4 Å². The fourth-order valence-electron chi connectivity index (χ4n) is 2.08. The number of hydrogen-bond donors (Lipinski definition) is 0. The van der Waals surface area contributed by atoms with Gasteiger partial charge in [0, 0.05) is 11.5 Å². The predicted octanol–water partition coefficient (Wildman–Crippen LogP) is 5.26. The maximum atomic E-state index is 5.18. The SMILES string of the molecule is COc1cccc(N=Nc2cccc3ccccc23)c1.